The van der Waals surface area contributed by atoms with Gasteiger partial charge in [0.25, 0.3) is 0 Å². The van der Waals surface area contributed by atoms with Gasteiger partial charge in [0.15, 0.2) is 0 Å². The van der Waals surface area contributed by atoms with Gasteiger partial charge < -0.3 is 4.90 Å². The molecular weight excluding hydrogens is 232 g/mol. The van der Waals surface area contributed by atoms with Crippen molar-refractivity contribution in [2.24, 2.45) is 10.9 Å². The summed E-state index contributed by atoms with van der Waals surface area (Å²) >= 11 is 0. The van der Waals surface area contributed by atoms with Gasteiger partial charge in [0.05, 0.1) is 0 Å². The summed E-state index contributed by atoms with van der Waals surface area (Å²) in [6.45, 7) is 6.61. The highest BCUT2D eigenvalue weighted by Gasteiger charge is 2.27. The van der Waals surface area contributed by atoms with Crippen molar-refractivity contribution in [3.8, 4) is 0 Å². The Hall–Kier alpha value is -1.02. The van der Waals surface area contributed by atoms with Gasteiger partial charge in [-0.15, -0.1) is 12.4 Å². The number of anilines is 1. The molecule has 2 heterocycles. The molecule has 1 aromatic rings. The number of nitrogens with zero attached hydrogens (tertiary/aromatic N) is 2. The van der Waals surface area contributed by atoms with Crippen molar-refractivity contribution < 1.29 is 0 Å². The molecule has 0 radical (unpaired) electrons. The number of amidine groups is 1. The number of hydrogen-bond donors (Lipinski definition) is 0. The number of aliphatic imine (C=N–C) groups is 1. The van der Waals surface area contributed by atoms with Crippen molar-refractivity contribution in [3.63, 3.8) is 0 Å². The summed E-state index contributed by atoms with van der Waals surface area (Å²) in [5, 5.41) is 0. The van der Waals surface area contributed by atoms with Gasteiger partial charge in [-0.1, -0.05) is 25.1 Å². The molecule has 0 amide bonds. The summed E-state index contributed by atoms with van der Waals surface area (Å²) in [7, 11) is 0. The van der Waals surface area contributed by atoms with Crippen LogP contribution in [0.1, 0.15) is 24.5 Å². The van der Waals surface area contributed by atoms with Gasteiger partial charge in [-0.3, -0.25) is 4.99 Å². The topological polar surface area (TPSA) is 15.6 Å². The number of para-hydroxylation sites is 1. The Morgan fingerprint density at radius 2 is 2.18 bits per heavy atom. The first kappa shape index (κ1) is 12.4. The number of fused-ring (bicyclic) bond motifs is 1. The normalized spacial score (nSPS) is 22.1. The van der Waals surface area contributed by atoms with Crippen LogP contribution in [0.3, 0.4) is 0 Å². The lowest BCUT2D eigenvalue weighted by atomic mass is 10.1. The summed E-state index contributed by atoms with van der Waals surface area (Å²) in [5.74, 6) is 2.03. The van der Waals surface area contributed by atoms with E-state index in [0.717, 1.165) is 25.4 Å². The molecule has 1 atom stereocenters. The molecule has 0 saturated carbocycles. The number of hydrogen-bond acceptors (Lipinski definition) is 2. The largest absolute Gasteiger partial charge is 0.329 e. The predicted octanol–water partition coefficient (Wildman–Crippen LogP) is 3.22. The minimum atomic E-state index is 0. The van der Waals surface area contributed by atoms with Gasteiger partial charge in [0.2, 0.25) is 0 Å². The van der Waals surface area contributed by atoms with Crippen molar-refractivity contribution in [1.29, 1.82) is 0 Å². The van der Waals surface area contributed by atoms with Crippen molar-refractivity contribution in [3.05, 3.63) is 29.3 Å². The van der Waals surface area contributed by atoms with Gasteiger partial charge in [0, 0.05) is 25.2 Å². The molecule has 1 aromatic carbocycles. The number of aryl methyl sites for hydroxylation is 1. The molecule has 0 aromatic heterocycles. The average molecular weight is 251 g/mol. The summed E-state index contributed by atoms with van der Waals surface area (Å²) in [6.07, 6.45) is 2.32. The first-order valence-corrected chi connectivity index (χ1v) is 6.15. The van der Waals surface area contributed by atoms with Crippen LogP contribution in [-0.4, -0.2) is 18.9 Å². The second-order valence-electron chi connectivity index (χ2n) is 5.05. The lowest BCUT2D eigenvalue weighted by Gasteiger charge is -2.21. The van der Waals surface area contributed by atoms with E-state index in [1.165, 1.54) is 29.1 Å². The maximum absolute atomic E-state index is 4.68. The zero-order chi connectivity index (χ0) is 11.1. The second kappa shape index (κ2) is 4.69. The molecule has 2 nitrogen and oxygen atoms in total. The van der Waals surface area contributed by atoms with E-state index in [4.69, 9.17) is 0 Å². The van der Waals surface area contributed by atoms with Crippen LogP contribution in [0, 0.1) is 12.8 Å². The summed E-state index contributed by atoms with van der Waals surface area (Å²) in [4.78, 5) is 7.12. The quantitative estimate of drug-likeness (QED) is 0.690. The van der Waals surface area contributed by atoms with Gasteiger partial charge in [0.1, 0.15) is 5.84 Å². The molecule has 0 fully saturated rings. The standard InChI is InChI=1S/C14H18N2.ClH/c1-10-8-13(15-9-10)16-7-6-12-5-3-4-11(2)14(12)16;/h3-5,10H,6-9H2,1-2H3;1H. The third-order valence-corrected chi connectivity index (χ3v) is 3.62. The van der Waals surface area contributed by atoms with E-state index < -0.39 is 0 Å². The van der Waals surface area contributed by atoms with E-state index in [2.05, 4.69) is 41.9 Å². The maximum Gasteiger partial charge on any atom is 0.104 e. The van der Waals surface area contributed by atoms with Crippen LogP contribution in [-0.2, 0) is 6.42 Å². The third-order valence-electron chi connectivity index (χ3n) is 3.62. The highest BCUT2D eigenvalue weighted by atomic mass is 35.5. The summed E-state index contributed by atoms with van der Waals surface area (Å²) in [6, 6.07) is 6.62. The third kappa shape index (κ3) is 2.06. The van der Waals surface area contributed by atoms with Crippen LogP contribution in [0.2, 0.25) is 0 Å². The first-order valence-electron chi connectivity index (χ1n) is 6.15. The lowest BCUT2D eigenvalue weighted by Crippen LogP contribution is -2.28. The number of benzene rings is 1. The van der Waals surface area contributed by atoms with E-state index in [9.17, 15) is 0 Å². The van der Waals surface area contributed by atoms with E-state index in [1.54, 1.807) is 0 Å². The molecule has 92 valence electrons. The zero-order valence-corrected chi connectivity index (χ0v) is 11.3. The second-order valence-corrected chi connectivity index (χ2v) is 5.05. The fourth-order valence-corrected chi connectivity index (χ4v) is 2.81. The van der Waals surface area contributed by atoms with Crippen molar-refractivity contribution in [2.75, 3.05) is 18.0 Å². The highest BCUT2D eigenvalue weighted by molar-refractivity contribution is 6.01. The minimum absolute atomic E-state index is 0. The Kier molecular flexibility index (Phi) is 3.43. The predicted molar refractivity (Wildman–Crippen MR) is 75.6 cm³/mol. The smallest absolute Gasteiger partial charge is 0.104 e. The molecule has 0 bridgehead atoms. The number of rotatable bonds is 0. The first-order chi connectivity index (χ1) is 7.75. The Morgan fingerprint density at radius 1 is 1.35 bits per heavy atom. The molecule has 0 N–H and O–H groups in total. The van der Waals surface area contributed by atoms with Crippen molar-refractivity contribution >= 4 is 23.9 Å². The summed E-state index contributed by atoms with van der Waals surface area (Å²) in [5.41, 5.74) is 4.30. The van der Waals surface area contributed by atoms with Gasteiger partial charge in [-0.25, -0.2) is 0 Å². The van der Waals surface area contributed by atoms with Crippen molar-refractivity contribution in [2.45, 2.75) is 26.7 Å². The fraction of sp³-hybridized carbons (Fsp3) is 0.500. The van der Waals surface area contributed by atoms with Crippen LogP contribution in [0.25, 0.3) is 0 Å². The molecular formula is C14H19ClN2. The van der Waals surface area contributed by atoms with E-state index in [-0.39, 0.29) is 12.4 Å². The molecule has 3 rings (SSSR count). The van der Waals surface area contributed by atoms with Crippen LogP contribution in [0.15, 0.2) is 23.2 Å². The number of halogens is 1. The van der Waals surface area contributed by atoms with Gasteiger partial charge >= 0.3 is 0 Å². The van der Waals surface area contributed by atoms with Crippen molar-refractivity contribution in [1.82, 2.24) is 0 Å². The van der Waals surface area contributed by atoms with Crippen LogP contribution >= 0.6 is 12.4 Å². The molecule has 0 spiro atoms. The molecule has 17 heavy (non-hydrogen) atoms. The fourth-order valence-electron chi connectivity index (χ4n) is 2.81. The van der Waals surface area contributed by atoms with E-state index in [0.29, 0.717) is 0 Å². The molecule has 2 aliphatic rings. The molecule has 3 heteroatoms. The van der Waals surface area contributed by atoms with E-state index in [1.807, 2.05) is 0 Å². The van der Waals surface area contributed by atoms with Crippen LogP contribution in [0.5, 0.6) is 0 Å². The van der Waals surface area contributed by atoms with Crippen LogP contribution < -0.4 is 4.90 Å². The minimum Gasteiger partial charge on any atom is -0.329 e. The maximum atomic E-state index is 4.68. The lowest BCUT2D eigenvalue weighted by molar-refractivity contribution is 0.662. The Morgan fingerprint density at radius 3 is 2.88 bits per heavy atom. The Labute approximate surface area is 109 Å². The van der Waals surface area contributed by atoms with Crippen LogP contribution in [0.4, 0.5) is 5.69 Å². The molecule has 1 unspecified atom stereocenters. The highest BCUT2D eigenvalue weighted by Crippen LogP contribution is 2.33. The van der Waals surface area contributed by atoms with Gasteiger partial charge in [-0.05, 0) is 30.4 Å². The monoisotopic (exact) mass is 250 g/mol. The zero-order valence-electron chi connectivity index (χ0n) is 10.4. The average Bonchev–Trinajstić information content (AvgIpc) is 2.84. The molecule has 0 aliphatic carbocycles. The van der Waals surface area contributed by atoms with E-state index >= 15 is 0 Å². The summed E-state index contributed by atoms with van der Waals surface area (Å²) < 4.78 is 0. The SMILES string of the molecule is Cc1cccc2c1N(C1=NCC(C)C1)CC2.Cl. The Balaban J connectivity index is 0.00000108. The molecule has 0 saturated heterocycles. The Bertz CT molecular complexity index is 454. The molecule has 2 aliphatic heterocycles. The van der Waals surface area contributed by atoms with Gasteiger partial charge in [-0.2, -0.15) is 0 Å².